The summed E-state index contributed by atoms with van der Waals surface area (Å²) in [6.07, 6.45) is 3.63. The fraction of sp³-hybridized carbons (Fsp3) is 0.833. The van der Waals surface area contributed by atoms with Crippen LogP contribution in [-0.2, 0) is 14.3 Å². The van der Waals surface area contributed by atoms with Gasteiger partial charge in [0.2, 0.25) is 0 Å². The first kappa shape index (κ1) is 15.5. The number of Topliss-reactive ketones (excluding diaryl/α,β-unsaturated/α-hetero) is 1. The number of carbonyl (C=O) groups is 2. The summed E-state index contributed by atoms with van der Waals surface area (Å²) in [6.45, 7) is 5.39. The second-order valence-electron chi connectivity index (χ2n) is 3.80. The van der Waals surface area contributed by atoms with Crippen LogP contribution in [0.25, 0.3) is 0 Å². The maximum atomic E-state index is 11.1. The summed E-state index contributed by atoms with van der Waals surface area (Å²) in [4.78, 5) is 21.8. The Bertz CT molecular complexity index is 220. The molecule has 1 fully saturated rings. The standard InChI is InChI=1S/C10H16O3S.C2H6/c1-7(11)6-10(12)13-8-2-4-9(14)5-3-8;1-2/h8-9,14H,2-6H2,1H3;1-2H3. The second-order valence-corrected chi connectivity index (χ2v) is 4.53. The van der Waals surface area contributed by atoms with Crippen molar-refractivity contribution in [1.82, 2.24) is 0 Å². The molecule has 0 aromatic rings. The topological polar surface area (TPSA) is 43.4 Å². The van der Waals surface area contributed by atoms with Crippen LogP contribution in [0.5, 0.6) is 0 Å². The van der Waals surface area contributed by atoms with Crippen LogP contribution in [0, 0.1) is 0 Å². The molecule has 4 heteroatoms. The first-order valence-electron chi connectivity index (χ1n) is 5.95. The highest BCUT2D eigenvalue weighted by Gasteiger charge is 2.22. The van der Waals surface area contributed by atoms with Gasteiger partial charge in [0.25, 0.3) is 0 Å². The van der Waals surface area contributed by atoms with Crippen molar-refractivity contribution in [3.8, 4) is 0 Å². The number of ether oxygens (including phenoxy) is 1. The number of carbonyl (C=O) groups excluding carboxylic acids is 2. The Morgan fingerprint density at radius 3 is 2.12 bits per heavy atom. The van der Waals surface area contributed by atoms with Crippen molar-refractivity contribution in [2.24, 2.45) is 0 Å². The van der Waals surface area contributed by atoms with Gasteiger partial charge in [-0.3, -0.25) is 9.59 Å². The molecule has 0 N–H and O–H groups in total. The fourth-order valence-electron chi connectivity index (χ4n) is 1.59. The highest BCUT2D eigenvalue weighted by molar-refractivity contribution is 7.80. The number of esters is 1. The van der Waals surface area contributed by atoms with E-state index in [0.29, 0.717) is 5.25 Å². The van der Waals surface area contributed by atoms with E-state index in [9.17, 15) is 9.59 Å². The van der Waals surface area contributed by atoms with Gasteiger partial charge in [-0.1, -0.05) is 13.8 Å². The third-order valence-corrected chi connectivity index (χ3v) is 2.85. The molecule has 0 bridgehead atoms. The average Bonchev–Trinajstić information content (AvgIpc) is 2.23. The fourth-order valence-corrected chi connectivity index (χ4v) is 1.89. The number of ketones is 1. The molecule has 1 saturated carbocycles. The normalized spacial score (nSPS) is 24.0. The smallest absolute Gasteiger partial charge is 0.313 e. The van der Waals surface area contributed by atoms with Gasteiger partial charge >= 0.3 is 5.97 Å². The average molecular weight is 246 g/mol. The van der Waals surface area contributed by atoms with Gasteiger partial charge in [-0.05, 0) is 32.6 Å². The molecule has 0 heterocycles. The number of rotatable bonds is 3. The lowest BCUT2D eigenvalue weighted by molar-refractivity contribution is -0.151. The molecule has 16 heavy (non-hydrogen) atoms. The summed E-state index contributed by atoms with van der Waals surface area (Å²) < 4.78 is 5.16. The summed E-state index contributed by atoms with van der Waals surface area (Å²) in [5.41, 5.74) is 0. The summed E-state index contributed by atoms with van der Waals surface area (Å²) in [5, 5.41) is 0.442. The van der Waals surface area contributed by atoms with Crippen molar-refractivity contribution in [2.75, 3.05) is 0 Å². The minimum absolute atomic E-state index is 0.00486. The molecular formula is C12H22O3S. The zero-order valence-electron chi connectivity index (χ0n) is 10.4. The molecule has 0 atom stereocenters. The maximum absolute atomic E-state index is 11.1. The van der Waals surface area contributed by atoms with Crippen molar-refractivity contribution in [2.45, 2.75) is 64.2 Å². The first-order chi connectivity index (χ1) is 7.58. The minimum atomic E-state index is -0.389. The maximum Gasteiger partial charge on any atom is 0.313 e. The van der Waals surface area contributed by atoms with E-state index in [0.717, 1.165) is 25.7 Å². The van der Waals surface area contributed by atoms with E-state index < -0.39 is 0 Å². The van der Waals surface area contributed by atoms with Crippen molar-refractivity contribution in [3.05, 3.63) is 0 Å². The third-order valence-electron chi connectivity index (χ3n) is 2.34. The zero-order valence-corrected chi connectivity index (χ0v) is 11.3. The molecule has 0 radical (unpaired) electrons. The Labute approximate surface area is 103 Å². The zero-order chi connectivity index (χ0) is 12.6. The first-order valence-corrected chi connectivity index (χ1v) is 6.46. The lowest BCUT2D eigenvalue weighted by atomic mass is 9.97. The van der Waals surface area contributed by atoms with E-state index >= 15 is 0 Å². The van der Waals surface area contributed by atoms with Gasteiger partial charge in [0.15, 0.2) is 0 Å². The molecule has 0 unspecified atom stereocenters. The molecule has 3 nitrogen and oxygen atoms in total. The molecule has 0 aromatic carbocycles. The van der Waals surface area contributed by atoms with Crippen molar-refractivity contribution in [3.63, 3.8) is 0 Å². The van der Waals surface area contributed by atoms with Crippen LogP contribution in [0.2, 0.25) is 0 Å². The SMILES string of the molecule is CC.CC(=O)CC(=O)OC1CCC(S)CC1. The van der Waals surface area contributed by atoms with Gasteiger partial charge in [0.05, 0.1) is 0 Å². The largest absolute Gasteiger partial charge is 0.462 e. The van der Waals surface area contributed by atoms with Crippen LogP contribution in [-0.4, -0.2) is 23.1 Å². The molecule has 0 aromatic heterocycles. The quantitative estimate of drug-likeness (QED) is 0.473. The van der Waals surface area contributed by atoms with Crippen LogP contribution in [0.3, 0.4) is 0 Å². The number of hydrogen-bond acceptors (Lipinski definition) is 4. The van der Waals surface area contributed by atoms with E-state index in [1.165, 1.54) is 6.92 Å². The van der Waals surface area contributed by atoms with Gasteiger partial charge in [0.1, 0.15) is 18.3 Å². The molecule has 0 spiro atoms. The highest BCUT2D eigenvalue weighted by Crippen LogP contribution is 2.24. The highest BCUT2D eigenvalue weighted by atomic mass is 32.1. The van der Waals surface area contributed by atoms with E-state index in [1.807, 2.05) is 13.8 Å². The molecule has 94 valence electrons. The monoisotopic (exact) mass is 246 g/mol. The van der Waals surface area contributed by atoms with E-state index in [4.69, 9.17) is 4.74 Å². The number of hydrogen-bond donors (Lipinski definition) is 1. The molecule has 1 aliphatic carbocycles. The van der Waals surface area contributed by atoms with Crippen LogP contribution in [0.4, 0.5) is 0 Å². The Hall–Kier alpha value is -0.510. The lowest BCUT2D eigenvalue weighted by Gasteiger charge is -2.25. The van der Waals surface area contributed by atoms with E-state index in [2.05, 4.69) is 12.6 Å². The molecular weight excluding hydrogens is 224 g/mol. The third kappa shape index (κ3) is 6.88. The predicted octanol–water partition coefficient (Wildman–Crippen LogP) is 2.78. The van der Waals surface area contributed by atoms with Gasteiger partial charge in [-0.25, -0.2) is 0 Å². The molecule has 0 aliphatic heterocycles. The lowest BCUT2D eigenvalue weighted by Crippen LogP contribution is -2.25. The van der Waals surface area contributed by atoms with Crippen LogP contribution in [0.1, 0.15) is 52.9 Å². The summed E-state index contributed by atoms with van der Waals surface area (Å²) in [5.74, 6) is -0.530. The number of thiol groups is 1. The Morgan fingerprint density at radius 2 is 1.69 bits per heavy atom. The van der Waals surface area contributed by atoms with E-state index in [-0.39, 0.29) is 24.3 Å². The van der Waals surface area contributed by atoms with Crippen molar-refractivity contribution in [1.29, 1.82) is 0 Å². The van der Waals surface area contributed by atoms with Crippen molar-refractivity contribution < 1.29 is 14.3 Å². The molecule has 0 saturated heterocycles. The minimum Gasteiger partial charge on any atom is -0.462 e. The Morgan fingerprint density at radius 1 is 1.19 bits per heavy atom. The van der Waals surface area contributed by atoms with Gasteiger partial charge in [-0.2, -0.15) is 12.6 Å². The second kappa shape index (κ2) is 8.62. The summed E-state index contributed by atoms with van der Waals surface area (Å²) >= 11 is 4.35. The predicted molar refractivity (Wildman–Crippen MR) is 67.8 cm³/mol. The summed E-state index contributed by atoms with van der Waals surface area (Å²) in [7, 11) is 0. The van der Waals surface area contributed by atoms with Crippen molar-refractivity contribution >= 4 is 24.4 Å². The van der Waals surface area contributed by atoms with Crippen LogP contribution in [0.15, 0.2) is 0 Å². The van der Waals surface area contributed by atoms with Gasteiger partial charge in [-0.15, -0.1) is 0 Å². The van der Waals surface area contributed by atoms with Crippen LogP contribution < -0.4 is 0 Å². The van der Waals surface area contributed by atoms with E-state index in [1.54, 1.807) is 0 Å². The molecule has 1 aliphatic rings. The summed E-state index contributed by atoms with van der Waals surface area (Å²) in [6, 6.07) is 0. The Balaban J connectivity index is 0.00000106. The molecule has 0 amide bonds. The Kier molecular flexibility index (Phi) is 8.35. The molecule has 1 rings (SSSR count). The van der Waals surface area contributed by atoms with Crippen LogP contribution >= 0.6 is 12.6 Å². The van der Waals surface area contributed by atoms with Gasteiger partial charge < -0.3 is 4.74 Å². The van der Waals surface area contributed by atoms with Gasteiger partial charge in [0, 0.05) is 5.25 Å².